The van der Waals surface area contributed by atoms with Gasteiger partial charge in [-0.25, -0.2) is 5.43 Å². The SMILES string of the molecule is N[C@@H]1C=NNC1=O. The van der Waals surface area contributed by atoms with Crippen LogP contribution in [0, 0.1) is 0 Å². The van der Waals surface area contributed by atoms with E-state index in [0.717, 1.165) is 0 Å². The molecule has 0 aromatic heterocycles. The van der Waals surface area contributed by atoms with E-state index in [4.69, 9.17) is 5.73 Å². The second-order valence-electron chi connectivity index (χ2n) is 1.28. The summed E-state index contributed by atoms with van der Waals surface area (Å²) in [5, 5.41) is 3.40. The van der Waals surface area contributed by atoms with Crippen molar-refractivity contribution in [2.75, 3.05) is 0 Å². The van der Waals surface area contributed by atoms with Crippen LogP contribution in [0.3, 0.4) is 0 Å². The molecule has 0 fully saturated rings. The van der Waals surface area contributed by atoms with Crippen molar-refractivity contribution in [1.29, 1.82) is 0 Å². The molecular weight excluding hydrogens is 94.1 g/mol. The Kier molecular flexibility index (Phi) is 0.796. The van der Waals surface area contributed by atoms with E-state index in [9.17, 15) is 4.79 Å². The summed E-state index contributed by atoms with van der Waals surface area (Å²) < 4.78 is 0. The highest BCUT2D eigenvalue weighted by molar-refractivity contribution is 6.00. The number of nitrogens with two attached hydrogens (primary N) is 1. The maximum absolute atomic E-state index is 10.2. The first kappa shape index (κ1) is 4.26. The Morgan fingerprint density at radius 3 is 2.86 bits per heavy atom. The Morgan fingerprint density at radius 2 is 2.71 bits per heavy atom. The lowest BCUT2D eigenvalue weighted by Crippen LogP contribution is -2.32. The Hall–Kier alpha value is -0.900. The van der Waals surface area contributed by atoms with Gasteiger partial charge in [-0.2, -0.15) is 5.10 Å². The summed E-state index contributed by atoms with van der Waals surface area (Å²) in [5.74, 6) is -0.236. The van der Waals surface area contributed by atoms with E-state index in [1.165, 1.54) is 6.21 Å². The van der Waals surface area contributed by atoms with Gasteiger partial charge < -0.3 is 5.73 Å². The molecule has 38 valence electrons. The van der Waals surface area contributed by atoms with Crippen molar-refractivity contribution in [3.05, 3.63) is 0 Å². The summed E-state index contributed by atoms with van der Waals surface area (Å²) >= 11 is 0. The number of nitrogens with one attached hydrogen (secondary N) is 1. The molecule has 0 aromatic carbocycles. The molecule has 1 rings (SSSR count). The van der Waals surface area contributed by atoms with Crippen molar-refractivity contribution in [2.45, 2.75) is 6.04 Å². The molecular formula is C3H5N3O. The fraction of sp³-hybridized carbons (Fsp3) is 0.333. The normalized spacial score (nSPS) is 28.1. The van der Waals surface area contributed by atoms with Gasteiger partial charge in [0, 0.05) is 0 Å². The summed E-state index contributed by atoms with van der Waals surface area (Å²) in [7, 11) is 0. The maximum atomic E-state index is 10.2. The average Bonchev–Trinajstić information content (AvgIpc) is 1.91. The molecule has 1 heterocycles. The monoisotopic (exact) mass is 99.0 g/mol. The fourth-order valence-electron chi connectivity index (χ4n) is 0.323. The Bertz CT molecular complexity index is 119. The fourth-order valence-corrected chi connectivity index (χ4v) is 0.323. The van der Waals surface area contributed by atoms with Gasteiger partial charge in [-0.15, -0.1) is 0 Å². The number of hydrazone groups is 1. The lowest BCUT2D eigenvalue weighted by atomic mass is 10.4. The highest BCUT2D eigenvalue weighted by Crippen LogP contribution is 1.80. The predicted molar refractivity (Wildman–Crippen MR) is 24.6 cm³/mol. The summed E-state index contributed by atoms with van der Waals surface area (Å²) in [5.41, 5.74) is 7.29. The lowest BCUT2D eigenvalue weighted by molar-refractivity contribution is -0.120. The molecule has 0 saturated carbocycles. The molecule has 1 amide bonds. The standard InChI is InChI=1S/C3H5N3O/c4-2-1-5-6-3(2)7/h1-2H,4H2,(H,6,7)/t2-/m1/s1. The Balaban J connectivity index is 2.62. The van der Waals surface area contributed by atoms with Crippen LogP contribution in [0.15, 0.2) is 5.10 Å². The van der Waals surface area contributed by atoms with Crippen molar-refractivity contribution < 1.29 is 4.79 Å². The lowest BCUT2D eigenvalue weighted by Gasteiger charge is -1.88. The molecule has 1 atom stereocenters. The van der Waals surface area contributed by atoms with Crippen LogP contribution in [-0.2, 0) is 4.79 Å². The third-order valence-corrected chi connectivity index (χ3v) is 0.713. The van der Waals surface area contributed by atoms with Crippen molar-refractivity contribution in [3.63, 3.8) is 0 Å². The minimum Gasteiger partial charge on any atom is -0.315 e. The number of carbonyl (C=O) groups excluding carboxylic acids is 1. The summed E-state index contributed by atoms with van der Waals surface area (Å²) in [6.45, 7) is 0. The van der Waals surface area contributed by atoms with E-state index in [0.29, 0.717) is 0 Å². The summed E-state index contributed by atoms with van der Waals surface area (Å²) in [6.07, 6.45) is 1.36. The molecule has 0 unspecified atom stereocenters. The second kappa shape index (κ2) is 1.31. The van der Waals surface area contributed by atoms with Crippen LogP contribution in [0.1, 0.15) is 0 Å². The van der Waals surface area contributed by atoms with E-state index >= 15 is 0 Å². The zero-order valence-corrected chi connectivity index (χ0v) is 3.59. The highest BCUT2D eigenvalue weighted by Gasteiger charge is 2.13. The quantitative estimate of drug-likeness (QED) is 0.385. The third kappa shape index (κ3) is 0.592. The first-order valence-electron chi connectivity index (χ1n) is 1.89. The van der Waals surface area contributed by atoms with Gasteiger partial charge in [0.2, 0.25) is 0 Å². The average molecular weight is 99.1 g/mol. The van der Waals surface area contributed by atoms with Crippen LogP contribution in [0.2, 0.25) is 0 Å². The van der Waals surface area contributed by atoms with Gasteiger partial charge in [0.25, 0.3) is 5.91 Å². The van der Waals surface area contributed by atoms with Crippen molar-refractivity contribution >= 4 is 12.1 Å². The summed E-state index contributed by atoms with van der Waals surface area (Å²) in [6, 6.07) is -0.528. The van der Waals surface area contributed by atoms with Gasteiger partial charge in [-0.1, -0.05) is 0 Å². The Labute approximate surface area is 40.4 Å². The molecule has 0 aliphatic carbocycles. The van der Waals surface area contributed by atoms with Crippen LogP contribution in [0.25, 0.3) is 0 Å². The molecule has 1 aliphatic rings. The highest BCUT2D eigenvalue weighted by atomic mass is 16.2. The summed E-state index contributed by atoms with van der Waals surface area (Å²) in [4.78, 5) is 10.2. The minimum absolute atomic E-state index is 0.236. The van der Waals surface area contributed by atoms with E-state index < -0.39 is 6.04 Å². The van der Waals surface area contributed by atoms with Crippen LogP contribution >= 0.6 is 0 Å². The van der Waals surface area contributed by atoms with Crippen molar-refractivity contribution in [2.24, 2.45) is 10.8 Å². The Morgan fingerprint density at radius 1 is 2.00 bits per heavy atom. The number of carbonyl (C=O) groups is 1. The van der Waals surface area contributed by atoms with Crippen LogP contribution < -0.4 is 11.2 Å². The first-order chi connectivity index (χ1) is 3.30. The number of hydrogen-bond donors (Lipinski definition) is 2. The van der Waals surface area contributed by atoms with E-state index in [2.05, 4.69) is 10.5 Å². The number of rotatable bonds is 0. The van der Waals surface area contributed by atoms with Gasteiger partial charge in [-0.05, 0) is 0 Å². The number of hydrogen-bond acceptors (Lipinski definition) is 3. The van der Waals surface area contributed by atoms with E-state index in [1.807, 2.05) is 0 Å². The zero-order chi connectivity index (χ0) is 5.28. The molecule has 0 spiro atoms. The molecule has 0 saturated heterocycles. The van der Waals surface area contributed by atoms with Crippen molar-refractivity contribution in [1.82, 2.24) is 5.43 Å². The molecule has 0 bridgehead atoms. The molecule has 0 aromatic rings. The minimum atomic E-state index is -0.528. The second-order valence-corrected chi connectivity index (χ2v) is 1.28. The van der Waals surface area contributed by atoms with Crippen molar-refractivity contribution in [3.8, 4) is 0 Å². The topological polar surface area (TPSA) is 67.5 Å². The predicted octanol–water partition coefficient (Wildman–Crippen LogP) is -1.57. The van der Waals surface area contributed by atoms with Gasteiger partial charge in [0.1, 0.15) is 6.04 Å². The van der Waals surface area contributed by atoms with E-state index in [-0.39, 0.29) is 5.91 Å². The van der Waals surface area contributed by atoms with Crippen LogP contribution in [-0.4, -0.2) is 18.2 Å². The first-order valence-corrected chi connectivity index (χ1v) is 1.89. The largest absolute Gasteiger partial charge is 0.315 e. The molecule has 4 heteroatoms. The van der Waals surface area contributed by atoms with Crippen LogP contribution in [0.5, 0.6) is 0 Å². The van der Waals surface area contributed by atoms with Gasteiger partial charge in [-0.3, -0.25) is 4.79 Å². The van der Waals surface area contributed by atoms with E-state index in [1.54, 1.807) is 0 Å². The number of amides is 1. The smallest absolute Gasteiger partial charge is 0.262 e. The molecule has 4 nitrogen and oxygen atoms in total. The molecule has 1 aliphatic heterocycles. The number of nitrogens with zero attached hydrogens (tertiary/aromatic N) is 1. The van der Waals surface area contributed by atoms with Gasteiger partial charge in [0.15, 0.2) is 0 Å². The molecule has 7 heavy (non-hydrogen) atoms. The van der Waals surface area contributed by atoms with Gasteiger partial charge >= 0.3 is 0 Å². The maximum Gasteiger partial charge on any atom is 0.262 e. The molecule has 3 N–H and O–H groups in total. The zero-order valence-electron chi connectivity index (χ0n) is 3.59. The van der Waals surface area contributed by atoms with Gasteiger partial charge in [0.05, 0.1) is 6.21 Å². The molecule has 0 radical (unpaired) electrons. The van der Waals surface area contributed by atoms with Crippen LogP contribution in [0.4, 0.5) is 0 Å². The third-order valence-electron chi connectivity index (χ3n) is 0.713.